The molecule has 102 valence electrons. The Morgan fingerprint density at radius 2 is 2.10 bits per heavy atom. The first-order valence-electron chi connectivity index (χ1n) is 5.86. The Kier molecular flexibility index (Phi) is 4.48. The third-order valence-corrected chi connectivity index (χ3v) is 3.24. The molecule has 0 bridgehead atoms. The van der Waals surface area contributed by atoms with E-state index < -0.39 is 5.82 Å². The minimum atomic E-state index is -0.456. The molecule has 5 nitrogen and oxygen atoms in total. The molecule has 0 radical (unpaired) electrons. The molecule has 0 aliphatic rings. The Labute approximate surface area is 124 Å². The first-order chi connectivity index (χ1) is 9.65. The highest BCUT2D eigenvalue weighted by atomic mass is 79.9. The van der Waals surface area contributed by atoms with Gasteiger partial charge in [-0.1, -0.05) is 0 Å². The van der Waals surface area contributed by atoms with Crippen LogP contribution in [0.25, 0.3) is 0 Å². The van der Waals surface area contributed by atoms with Crippen LogP contribution in [0, 0.1) is 17.1 Å². The Bertz CT molecular complexity index is 668. The quantitative estimate of drug-likeness (QED) is 0.895. The highest BCUT2D eigenvalue weighted by molar-refractivity contribution is 9.10. The summed E-state index contributed by atoms with van der Waals surface area (Å²) in [5.41, 5.74) is 0.691. The maximum absolute atomic E-state index is 13.1. The van der Waals surface area contributed by atoms with Crippen LogP contribution in [-0.4, -0.2) is 16.5 Å². The molecule has 0 unspecified atom stereocenters. The topological polar surface area (TPSA) is 73.6 Å². The predicted octanol–water partition coefficient (Wildman–Crippen LogP) is 3.43. The molecule has 0 aliphatic carbocycles. The van der Waals surface area contributed by atoms with E-state index in [1.54, 1.807) is 0 Å². The summed E-state index contributed by atoms with van der Waals surface area (Å²) < 4.78 is 13.7. The largest absolute Gasteiger partial charge is 0.369 e. The van der Waals surface area contributed by atoms with Crippen molar-refractivity contribution in [1.29, 1.82) is 5.26 Å². The molecule has 20 heavy (non-hydrogen) atoms. The maximum Gasteiger partial charge on any atom is 0.150 e. The molecule has 0 saturated carbocycles. The second-order valence-corrected chi connectivity index (χ2v) is 4.63. The van der Waals surface area contributed by atoms with Gasteiger partial charge in [-0.05, 0) is 41.1 Å². The van der Waals surface area contributed by atoms with Crippen LogP contribution >= 0.6 is 15.9 Å². The first-order valence-corrected chi connectivity index (χ1v) is 6.66. The second kappa shape index (κ2) is 6.30. The number of hydrogen-bond acceptors (Lipinski definition) is 5. The molecular formula is C13H11BrFN5. The Morgan fingerprint density at radius 1 is 1.35 bits per heavy atom. The maximum atomic E-state index is 13.1. The van der Waals surface area contributed by atoms with E-state index in [0.29, 0.717) is 21.8 Å². The van der Waals surface area contributed by atoms with Crippen molar-refractivity contribution in [3.63, 3.8) is 0 Å². The first kappa shape index (κ1) is 14.2. The predicted molar refractivity (Wildman–Crippen MR) is 78.3 cm³/mol. The van der Waals surface area contributed by atoms with E-state index in [9.17, 15) is 4.39 Å². The summed E-state index contributed by atoms with van der Waals surface area (Å²) in [5.74, 6) is 0.687. The lowest BCUT2D eigenvalue weighted by Crippen LogP contribution is -2.04. The van der Waals surface area contributed by atoms with Gasteiger partial charge in [-0.3, -0.25) is 0 Å². The molecule has 1 aromatic heterocycles. The van der Waals surface area contributed by atoms with Crippen LogP contribution in [0.5, 0.6) is 0 Å². The standard InChI is InChI=1S/C13H11BrFN5/c1-2-17-12-11(14)13(19-7-18-12)20-10-4-3-9(15)5-8(10)6-16/h3-5,7H,2H2,1H3,(H2,17,18,19,20). The zero-order chi connectivity index (χ0) is 14.5. The van der Waals surface area contributed by atoms with Gasteiger partial charge in [-0.25, -0.2) is 14.4 Å². The van der Waals surface area contributed by atoms with Gasteiger partial charge in [-0.2, -0.15) is 5.26 Å². The van der Waals surface area contributed by atoms with Crippen molar-refractivity contribution in [2.24, 2.45) is 0 Å². The molecule has 0 fully saturated rings. The van der Waals surface area contributed by atoms with Crippen LogP contribution in [0.15, 0.2) is 29.0 Å². The van der Waals surface area contributed by atoms with Gasteiger partial charge in [0.25, 0.3) is 0 Å². The van der Waals surface area contributed by atoms with Crippen LogP contribution in [0.2, 0.25) is 0 Å². The van der Waals surface area contributed by atoms with E-state index in [2.05, 4.69) is 36.5 Å². The number of benzene rings is 1. The third kappa shape index (κ3) is 3.03. The molecule has 1 aromatic carbocycles. The fourth-order valence-electron chi connectivity index (χ4n) is 1.59. The van der Waals surface area contributed by atoms with Crippen molar-refractivity contribution < 1.29 is 4.39 Å². The lowest BCUT2D eigenvalue weighted by Gasteiger charge is -2.11. The van der Waals surface area contributed by atoms with Crippen molar-refractivity contribution in [2.75, 3.05) is 17.2 Å². The lowest BCUT2D eigenvalue weighted by atomic mass is 10.2. The molecule has 2 aromatic rings. The summed E-state index contributed by atoms with van der Waals surface area (Å²) in [5, 5.41) is 15.1. The summed E-state index contributed by atoms with van der Waals surface area (Å²) >= 11 is 3.39. The molecule has 7 heteroatoms. The number of nitrogens with zero attached hydrogens (tertiary/aromatic N) is 3. The molecule has 0 spiro atoms. The van der Waals surface area contributed by atoms with Gasteiger partial charge in [-0.15, -0.1) is 0 Å². The van der Waals surface area contributed by atoms with Crippen LogP contribution in [0.3, 0.4) is 0 Å². The van der Waals surface area contributed by atoms with Crippen LogP contribution in [0.4, 0.5) is 21.7 Å². The summed E-state index contributed by atoms with van der Waals surface area (Å²) in [6.07, 6.45) is 1.40. The fraction of sp³-hybridized carbons (Fsp3) is 0.154. The van der Waals surface area contributed by atoms with E-state index in [4.69, 9.17) is 5.26 Å². The second-order valence-electron chi connectivity index (χ2n) is 3.84. The zero-order valence-electron chi connectivity index (χ0n) is 10.6. The lowest BCUT2D eigenvalue weighted by molar-refractivity contribution is 0.627. The molecule has 2 rings (SSSR count). The molecule has 1 heterocycles. The third-order valence-electron chi connectivity index (χ3n) is 2.49. The van der Waals surface area contributed by atoms with Crippen molar-refractivity contribution in [2.45, 2.75) is 6.92 Å². The van der Waals surface area contributed by atoms with E-state index in [1.165, 1.54) is 24.5 Å². The molecule has 0 atom stereocenters. The van der Waals surface area contributed by atoms with Crippen LogP contribution < -0.4 is 10.6 Å². The number of halogens is 2. The van der Waals surface area contributed by atoms with E-state index in [1.807, 2.05) is 13.0 Å². The monoisotopic (exact) mass is 335 g/mol. The number of nitrogens with one attached hydrogen (secondary N) is 2. The SMILES string of the molecule is CCNc1ncnc(Nc2ccc(F)cc2C#N)c1Br. The van der Waals surface area contributed by atoms with Gasteiger partial charge in [0.15, 0.2) is 0 Å². The summed E-state index contributed by atoms with van der Waals surface area (Å²) in [6, 6.07) is 5.88. The van der Waals surface area contributed by atoms with E-state index in [0.717, 1.165) is 6.54 Å². The van der Waals surface area contributed by atoms with Gasteiger partial charge in [0, 0.05) is 6.54 Å². The summed E-state index contributed by atoms with van der Waals surface area (Å²) in [4.78, 5) is 8.19. The minimum absolute atomic E-state index is 0.209. The van der Waals surface area contributed by atoms with Gasteiger partial charge in [0.1, 0.15) is 34.3 Å². The summed E-state index contributed by atoms with van der Waals surface area (Å²) in [7, 11) is 0. The molecule has 2 N–H and O–H groups in total. The van der Waals surface area contributed by atoms with Gasteiger partial charge in [0.2, 0.25) is 0 Å². The van der Waals surface area contributed by atoms with Gasteiger partial charge < -0.3 is 10.6 Å². The molecule has 0 saturated heterocycles. The van der Waals surface area contributed by atoms with Crippen molar-refractivity contribution in [1.82, 2.24) is 9.97 Å². The molecular weight excluding hydrogens is 325 g/mol. The zero-order valence-corrected chi connectivity index (χ0v) is 12.2. The number of rotatable bonds is 4. The Hall–Kier alpha value is -2.20. The molecule has 0 amide bonds. The van der Waals surface area contributed by atoms with E-state index in [-0.39, 0.29) is 5.56 Å². The van der Waals surface area contributed by atoms with Gasteiger partial charge in [0.05, 0.1) is 11.3 Å². The Morgan fingerprint density at radius 3 is 2.80 bits per heavy atom. The number of nitriles is 1. The average Bonchev–Trinajstić information content (AvgIpc) is 2.45. The highest BCUT2D eigenvalue weighted by Crippen LogP contribution is 2.30. The van der Waals surface area contributed by atoms with Crippen LogP contribution in [-0.2, 0) is 0 Å². The number of hydrogen-bond donors (Lipinski definition) is 2. The summed E-state index contributed by atoms with van der Waals surface area (Å²) in [6.45, 7) is 2.67. The average molecular weight is 336 g/mol. The van der Waals surface area contributed by atoms with Crippen molar-refractivity contribution in [3.8, 4) is 6.07 Å². The highest BCUT2D eigenvalue weighted by Gasteiger charge is 2.10. The van der Waals surface area contributed by atoms with E-state index >= 15 is 0 Å². The smallest absolute Gasteiger partial charge is 0.150 e. The van der Waals surface area contributed by atoms with Crippen molar-refractivity contribution in [3.05, 3.63) is 40.4 Å². The van der Waals surface area contributed by atoms with Crippen LogP contribution in [0.1, 0.15) is 12.5 Å². The number of aromatic nitrogens is 2. The van der Waals surface area contributed by atoms with Crippen molar-refractivity contribution >= 4 is 33.3 Å². The Balaban J connectivity index is 2.36. The number of anilines is 3. The minimum Gasteiger partial charge on any atom is -0.369 e. The molecule has 0 aliphatic heterocycles. The fourth-order valence-corrected chi connectivity index (χ4v) is 2.04. The van der Waals surface area contributed by atoms with Gasteiger partial charge >= 0.3 is 0 Å². The normalized spacial score (nSPS) is 9.90.